The van der Waals surface area contributed by atoms with Crippen LogP contribution in [0.3, 0.4) is 0 Å². The summed E-state index contributed by atoms with van der Waals surface area (Å²) in [5.41, 5.74) is 8.28. The Morgan fingerprint density at radius 3 is 2.33 bits per heavy atom. The molecule has 0 radical (unpaired) electrons. The number of piperazine rings is 1. The molecule has 2 heterocycles. The lowest BCUT2D eigenvalue weighted by Gasteiger charge is -2.34. The second kappa shape index (κ2) is 9.24. The van der Waals surface area contributed by atoms with Crippen LogP contribution in [-0.4, -0.2) is 43.1 Å². The first-order valence-electron chi connectivity index (χ1n) is 11.9. The molecule has 0 unspecified atom stereocenters. The van der Waals surface area contributed by atoms with Gasteiger partial charge >= 0.3 is 0 Å². The molecule has 1 aliphatic rings. The van der Waals surface area contributed by atoms with E-state index >= 15 is 0 Å². The third-order valence-electron chi connectivity index (χ3n) is 6.64. The Balaban J connectivity index is 1.41. The van der Waals surface area contributed by atoms with E-state index in [0.717, 1.165) is 48.5 Å². The molecule has 3 aromatic carbocycles. The van der Waals surface area contributed by atoms with Gasteiger partial charge in [-0.3, -0.25) is 4.98 Å². The Morgan fingerprint density at radius 1 is 0.818 bits per heavy atom. The van der Waals surface area contributed by atoms with Gasteiger partial charge in [-0.15, -0.1) is 0 Å². The lowest BCUT2D eigenvalue weighted by atomic mass is 9.96. The van der Waals surface area contributed by atoms with Crippen molar-refractivity contribution in [3.63, 3.8) is 0 Å². The number of hydrogen-bond donors (Lipinski definition) is 1. The minimum Gasteiger partial charge on any atom is -0.369 e. The van der Waals surface area contributed by atoms with Gasteiger partial charge in [0.15, 0.2) is 0 Å². The molecule has 1 N–H and O–H groups in total. The maximum absolute atomic E-state index is 4.59. The van der Waals surface area contributed by atoms with Crippen LogP contribution >= 0.6 is 0 Å². The van der Waals surface area contributed by atoms with Crippen molar-refractivity contribution in [3.05, 3.63) is 84.6 Å². The molecule has 1 aromatic heterocycles. The monoisotopic (exact) mass is 436 g/mol. The van der Waals surface area contributed by atoms with Gasteiger partial charge in [-0.25, -0.2) is 0 Å². The van der Waals surface area contributed by atoms with Crippen LogP contribution in [0.4, 0.5) is 17.1 Å². The molecule has 4 nitrogen and oxygen atoms in total. The van der Waals surface area contributed by atoms with Gasteiger partial charge in [0, 0.05) is 54.8 Å². The van der Waals surface area contributed by atoms with Crippen molar-refractivity contribution in [1.29, 1.82) is 0 Å². The second-order valence-electron chi connectivity index (χ2n) is 9.33. The molecule has 0 aliphatic carbocycles. The zero-order chi connectivity index (χ0) is 22.8. The summed E-state index contributed by atoms with van der Waals surface area (Å²) in [5, 5.41) is 4.76. The molecule has 5 rings (SSSR count). The number of pyridine rings is 1. The van der Waals surface area contributed by atoms with Crippen LogP contribution in [0, 0.1) is 0 Å². The number of likely N-dealkylation sites (N-methyl/N-ethyl adjacent to an activating group) is 1. The Bertz CT molecular complexity index is 1240. The van der Waals surface area contributed by atoms with Gasteiger partial charge in [-0.1, -0.05) is 44.2 Å². The van der Waals surface area contributed by atoms with E-state index in [4.69, 9.17) is 0 Å². The first-order chi connectivity index (χ1) is 16.1. The molecular weight excluding hydrogens is 404 g/mol. The molecular formula is C29H32N4. The number of aromatic nitrogens is 1. The SMILES string of the molecule is CC(C)c1cccc(-c2ccc3nccc(Nc4ccc(N5CCN(C)CC5)cc4)c3c2)c1. The number of nitrogens with one attached hydrogen (secondary N) is 1. The molecule has 1 fully saturated rings. The predicted octanol–water partition coefficient (Wildman–Crippen LogP) is 6.52. The average Bonchev–Trinajstić information content (AvgIpc) is 2.85. The van der Waals surface area contributed by atoms with Crippen LogP contribution in [0.2, 0.25) is 0 Å². The average molecular weight is 437 g/mol. The van der Waals surface area contributed by atoms with Crippen LogP contribution in [0.25, 0.3) is 22.0 Å². The Kier molecular flexibility index (Phi) is 6.01. The summed E-state index contributed by atoms with van der Waals surface area (Å²) < 4.78 is 0. The molecule has 0 bridgehead atoms. The predicted molar refractivity (Wildman–Crippen MR) is 141 cm³/mol. The molecule has 0 saturated carbocycles. The Morgan fingerprint density at radius 2 is 1.58 bits per heavy atom. The van der Waals surface area contributed by atoms with Gasteiger partial charge in [0.05, 0.1) is 5.52 Å². The maximum atomic E-state index is 4.59. The Labute approximate surface area is 196 Å². The van der Waals surface area contributed by atoms with Gasteiger partial charge in [-0.2, -0.15) is 0 Å². The molecule has 4 heteroatoms. The minimum absolute atomic E-state index is 0.512. The van der Waals surface area contributed by atoms with Crippen molar-refractivity contribution >= 4 is 28.0 Å². The summed E-state index contributed by atoms with van der Waals surface area (Å²) in [6.07, 6.45) is 1.88. The van der Waals surface area contributed by atoms with E-state index in [9.17, 15) is 0 Å². The van der Waals surface area contributed by atoms with Gasteiger partial charge in [-0.05, 0) is 72.1 Å². The first-order valence-corrected chi connectivity index (χ1v) is 11.9. The van der Waals surface area contributed by atoms with Crippen LogP contribution < -0.4 is 10.2 Å². The highest BCUT2D eigenvalue weighted by Crippen LogP contribution is 2.31. The molecule has 33 heavy (non-hydrogen) atoms. The zero-order valence-corrected chi connectivity index (χ0v) is 19.8. The summed E-state index contributed by atoms with van der Waals surface area (Å²) in [5.74, 6) is 0.512. The van der Waals surface area contributed by atoms with E-state index in [1.54, 1.807) is 0 Å². The van der Waals surface area contributed by atoms with Crippen molar-refractivity contribution < 1.29 is 0 Å². The van der Waals surface area contributed by atoms with E-state index in [0.29, 0.717) is 5.92 Å². The van der Waals surface area contributed by atoms with E-state index in [-0.39, 0.29) is 0 Å². The third kappa shape index (κ3) is 4.71. The molecule has 0 amide bonds. The van der Waals surface area contributed by atoms with Gasteiger partial charge in [0.25, 0.3) is 0 Å². The number of fused-ring (bicyclic) bond motifs is 1. The normalized spacial score (nSPS) is 14.7. The van der Waals surface area contributed by atoms with Crippen LogP contribution in [0.5, 0.6) is 0 Å². The van der Waals surface area contributed by atoms with Gasteiger partial charge in [0.2, 0.25) is 0 Å². The van der Waals surface area contributed by atoms with Crippen molar-refractivity contribution in [2.75, 3.05) is 43.4 Å². The molecule has 0 spiro atoms. The van der Waals surface area contributed by atoms with E-state index in [1.807, 2.05) is 6.20 Å². The van der Waals surface area contributed by atoms with Crippen LogP contribution in [-0.2, 0) is 0 Å². The number of hydrogen-bond acceptors (Lipinski definition) is 4. The fourth-order valence-electron chi connectivity index (χ4n) is 4.49. The zero-order valence-electron chi connectivity index (χ0n) is 19.8. The standard InChI is InChI=1S/C29H32N4/c1-21(2)22-5-4-6-23(19-22)24-7-12-28-27(20-24)29(13-14-30-28)31-25-8-10-26(11-9-25)33-17-15-32(3)16-18-33/h4-14,19-21H,15-18H2,1-3H3,(H,30,31). The summed E-state index contributed by atoms with van der Waals surface area (Å²) in [4.78, 5) is 9.44. The number of anilines is 3. The molecule has 4 aromatic rings. The first kappa shape index (κ1) is 21.5. The quantitative estimate of drug-likeness (QED) is 0.386. The number of nitrogens with zero attached hydrogens (tertiary/aromatic N) is 3. The molecule has 168 valence electrons. The van der Waals surface area contributed by atoms with Crippen molar-refractivity contribution in [2.45, 2.75) is 19.8 Å². The Hall–Kier alpha value is -3.37. The smallest absolute Gasteiger partial charge is 0.0723 e. The van der Waals surface area contributed by atoms with Crippen LogP contribution in [0.1, 0.15) is 25.3 Å². The molecule has 1 aliphatic heterocycles. The highest BCUT2D eigenvalue weighted by atomic mass is 15.2. The van der Waals surface area contributed by atoms with Crippen molar-refractivity contribution in [2.24, 2.45) is 0 Å². The summed E-state index contributed by atoms with van der Waals surface area (Å²) in [7, 11) is 2.19. The highest BCUT2D eigenvalue weighted by molar-refractivity contribution is 5.95. The van der Waals surface area contributed by atoms with Crippen LogP contribution in [0.15, 0.2) is 79.0 Å². The van der Waals surface area contributed by atoms with E-state index < -0.39 is 0 Å². The second-order valence-corrected chi connectivity index (χ2v) is 9.33. The number of benzene rings is 3. The number of rotatable bonds is 5. The van der Waals surface area contributed by atoms with Crippen molar-refractivity contribution in [1.82, 2.24) is 9.88 Å². The van der Waals surface area contributed by atoms with E-state index in [2.05, 4.69) is 114 Å². The van der Waals surface area contributed by atoms with Gasteiger partial charge < -0.3 is 15.1 Å². The molecule has 1 saturated heterocycles. The van der Waals surface area contributed by atoms with Crippen molar-refractivity contribution in [3.8, 4) is 11.1 Å². The largest absolute Gasteiger partial charge is 0.369 e. The summed E-state index contributed by atoms with van der Waals surface area (Å²) >= 11 is 0. The summed E-state index contributed by atoms with van der Waals surface area (Å²) in [6.45, 7) is 8.87. The van der Waals surface area contributed by atoms with Gasteiger partial charge in [0.1, 0.15) is 0 Å². The fourth-order valence-corrected chi connectivity index (χ4v) is 4.49. The lowest BCUT2D eigenvalue weighted by Crippen LogP contribution is -2.44. The topological polar surface area (TPSA) is 31.4 Å². The van der Waals surface area contributed by atoms with E-state index in [1.165, 1.54) is 22.4 Å². The fraction of sp³-hybridized carbons (Fsp3) is 0.276. The minimum atomic E-state index is 0.512. The third-order valence-corrected chi connectivity index (χ3v) is 6.64. The lowest BCUT2D eigenvalue weighted by molar-refractivity contribution is 0.313. The highest BCUT2D eigenvalue weighted by Gasteiger charge is 2.14. The summed E-state index contributed by atoms with van der Waals surface area (Å²) in [6, 6.07) is 26.2. The maximum Gasteiger partial charge on any atom is 0.0723 e. The molecule has 0 atom stereocenters.